The van der Waals surface area contributed by atoms with Gasteiger partial charge >= 0.3 is 0 Å². The van der Waals surface area contributed by atoms with Crippen LogP contribution in [0.25, 0.3) is 0 Å². The molecular formula is C10H11N5. The summed E-state index contributed by atoms with van der Waals surface area (Å²) in [6.45, 7) is 0.551. The van der Waals surface area contributed by atoms with Crippen LogP contribution in [0.1, 0.15) is 5.82 Å². The molecule has 2 aromatic rings. The molecule has 2 heterocycles. The van der Waals surface area contributed by atoms with E-state index in [-0.39, 0.29) is 0 Å². The summed E-state index contributed by atoms with van der Waals surface area (Å²) in [5.41, 5.74) is 6.52. The zero-order valence-corrected chi connectivity index (χ0v) is 8.09. The van der Waals surface area contributed by atoms with Gasteiger partial charge in [-0.15, -0.1) is 0 Å². The van der Waals surface area contributed by atoms with E-state index in [4.69, 9.17) is 5.73 Å². The van der Waals surface area contributed by atoms with Crippen LogP contribution in [0, 0.1) is 0 Å². The van der Waals surface area contributed by atoms with Crippen LogP contribution in [0.5, 0.6) is 0 Å². The van der Waals surface area contributed by atoms with E-state index in [0.717, 1.165) is 5.69 Å². The lowest BCUT2D eigenvalue weighted by Crippen LogP contribution is -2.05. The molecule has 0 spiro atoms. The van der Waals surface area contributed by atoms with E-state index >= 15 is 0 Å². The molecule has 76 valence electrons. The predicted molar refractivity (Wildman–Crippen MR) is 58.0 cm³/mol. The van der Waals surface area contributed by atoms with Gasteiger partial charge in [0.2, 0.25) is 0 Å². The minimum atomic E-state index is 0.483. The van der Waals surface area contributed by atoms with Crippen LogP contribution < -0.4 is 11.1 Å². The van der Waals surface area contributed by atoms with Gasteiger partial charge in [-0.2, -0.15) is 0 Å². The zero-order valence-electron chi connectivity index (χ0n) is 8.09. The molecule has 0 aliphatic heterocycles. The Kier molecular flexibility index (Phi) is 2.73. The summed E-state index contributed by atoms with van der Waals surface area (Å²) in [5, 5.41) is 3.17. The van der Waals surface area contributed by atoms with E-state index in [0.29, 0.717) is 18.2 Å². The Morgan fingerprint density at radius 2 is 1.93 bits per heavy atom. The molecule has 0 unspecified atom stereocenters. The molecule has 2 rings (SSSR count). The van der Waals surface area contributed by atoms with Crippen molar-refractivity contribution in [2.45, 2.75) is 6.54 Å². The monoisotopic (exact) mass is 201 g/mol. The number of nitrogens with zero attached hydrogens (tertiary/aromatic N) is 3. The fourth-order valence-corrected chi connectivity index (χ4v) is 1.15. The van der Waals surface area contributed by atoms with E-state index in [9.17, 15) is 0 Å². The van der Waals surface area contributed by atoms with Crippen molar-refractivity contribution in [2.24, 2.45) is 0 Å². The quantitative estimate of drug-likeness (QED) is 0.776. The molecule has 0 aliphatic rings. The molecule has 0 bridgehead atoms. The van der Waals surface area contributed by atoms with Crippen molar-refractivity contribution in [1.82, 2.24) is 15.0 Å². The summed E-state index contributed by atoms with van der Waals surface area (Å²) in [4.78, 5) is 12.1. The van der Waals surface area contributed by atoms with Gasteiger partial charge in [0.1, 0.15) is 11.6 Å². The van der Waals surface area contributed by atoms with Gasteiger partial charge in [0, 0.05) is 24.3 Å². The largest absolute Gasteiger partial charge is 0.384 e. The van der Waals surface area contributed by atoms with Crippen molar-refractivity contribution in [3.8, 4) is 0 Å². The normalized spacial score (nSPS) is 9.87. The molecular weight excluding hydrogens is 190 g/mol. The van der Waals surface area contributed by atoms with Crippen LogP contribution in [-0.2, 0) is 6.54 Å². The summed E-state index contributed by atoms with van der Waals surface area (Å²) < 4.78 is 0. The highest BCUT2D eigenvalue weighted by atomic mass is 15.0. The SMILES string of the molecule is Nc1ccnc(CNc2ccncc2)n1. The van der Waals surface area contributed by atoms with Crippen molar-refractivity contribution >= 4 is 11.5 Å². The Labute approximate surface area is 87.4 Å². The number of pyridine rings is 1. The first-order valence-corrected chi connectivity index (χ1v) is 4.56. The lowest BCUT2D eigenvalue weighted by atomic mass is 10.4. The predicted octanol–water partition coefficient (Wildman–Crippen LogP) is 1.07. The first-order chi connectivity index (χ1) is 7.34. The summed E-state index contributed by atoms with van der Waals surface area (Å²) >= 11 is 0. The maximum absolute atomic E-state index is 5.54. The Bertz CT molecular complexity index is 429. The van der Waals surface area contributed by atoms with Crippen LogP contribution in [0.2, 0.25) is 0 Å². The van der Waals surface area contributed by atoms with E-state index < -0.39 is 0 Å². The Balaban J connectivity index is 1.99. The second kappa shape index (κ2) is 4.36. The third-order valence-corrected chi connectivity index (χ3v) is 1.86. The highest BCUT2D eigenvalue weighted by molar-refractivity contribution is 5.40. The van der Waals surface area contributed by atoms with Crippen molar-refractivity contribution in [1.29, 1.82) is 0 Å². The second-order valence-electron chi connectivity index (χ2n) is 2.99. The van der Waals surface area contributed by atoms with Gasteiger partial charge in [0.05, 0.1) is 6.54 Å². The number of rotatable bonds is 3. The van der Waals surface area contributed by atoms with Gasteiger partial charge in [-0.3, -0.25) is 4.98 Å². The van der Waals surface area contributed by atoms with E-state index in [1.54, 1.807) is 24.7 Å². The summed E-state index contributed by atoms with van der Waals surface area (Å²) in [6, 6.07) is 5.43. The molecule has 0 radical (unpaired) electrons. The van der Waals surface area contributed by atoms with Crippen LogP contribution in [-0.4, -0.2) is 15.0 Å². The lowest BCUT2D eigenvalue weighted by Gasteiger charge is -2.04. The molecule has 15 heavy (non-hydrogen) atoms. The molecule has 0 amide bonds. The molecule has 0 fully saturated rings. The number of nitrogen functional groups attached to an aromatic ring is 1. The van der Waals surface area contributed by atoms with Crippen LogP contribution in [0.4, 0.5) is 11.5 Å². The molecule has 0 aliphatic carbocycles. The number of nitrogens with one attached hydrogen (secondary N) is 1. The fraction of sp³-hybridized carbons (Fsp3) is 0.100. The molecule has 0 aromatic carbocycles. The third kappa shape index (κ3) is 2.63. The van der Waals surface area contributed by atoms with Crippen molar-refractivity contribution in [3.05, 3.63) is 42.6 Å². The zero-order chi connectivity index (χ0) is 10.5. The van der Waals surface area contributed by atoms with Crippen LogP contribution >= 0.6 is 0 Å². The highest BCUT2D eigenvalue weighted by Crippen LogP contribution is 2.05. The molecule has 0 saturated heterocycles. The average Bonchev–Trinajstić information content (AvgIpc) is 2.28. The minimum absolute atomic E-state index is 0.483. The van der Waals surface area contributed by atoms with Gasteiger partial charge in [0.25, 0.3) is 0 Å². The van der Waals surface area contributed by atoms with Gasteiger partial charge in [-0.25, -0.2) is 9.97 Å². The van der Waals surface area contributed by atoms with Gasteiger partial charge in [-0.1, -0.05) is 0 Å². The summed E-state index contributed by atoms with van der Waals surface area (Å²) in [5.74, 6) is 1.16. The molecule has 5 nitrogen and oxygen atoms in total. The molecule has 2 aromatic heterocycles. The first kappa shape index (κ1) is 9.39. The maximum atomic E-state index is 5.54. The number of anilines is 2. The third-order valence-electron chi connectivity index (χ3n) is 1.86. The number of hydrogen-bond acceptors (Lipinski definition) is 5. The average molecular weight is 201 g/mol. The highest BCUT2D eigenvalue weighted by Gasteiger charge is 1.96. The number of aromatic nitrogens is 3. The standard InChI is InChI=1S/C10H11N5/c11-9-3-6-13-10(15-9)7-14-8-1-4-12-5-2-8/h1-6H,7H2,(H,12,14)(H2,11,13,15). The summed E-state index contributed by atoms with van der Waals surface area (Å²) in [6.07, 6.45) is 5.09. The van der Waals surface area contributed by atoms with Crippen molar-refractivity contribution < 1.29 is 0 Å². The second-order valence-corrected chi connectivity index (χ2v) is 2.99. The number of hydrogen-bond donors (Lipinski definition) is 2. The Morgan fingerprint density at radius 1 is 1.13 bits per heavy atom. The fourth-order valence-electron chi connectivity index (χ4n) is 1.15. The van der Waals surface area contributed by atoms with Crippen LogP contribution in [0.15, 0.2) is 36.8 Å². The van der Waals surface area contributed by atoms with E-state index in [2.05, 4.69) is 20.3 Å². The van der Waals surface area contributed by atoms with Crippen molar-refractivity contribution in [3.63, 3.8) is 0 Å². The Morgan fingerprint density at radius 3 is 2.67 bits per heavy atom. The van der Waals surface area contributed by atoms with Crippen LogP contribution in [0.3, 0.4) is 0 Å². The minimum Gasteiger partial charge on any atom is -0.384 e. The lowest BCUT2D eigenvalue weighted by molar-refractivity contribution is 0.953. The van der Waals surface area contributed by atoms with Crippen molar-refractivity contribution in [2.75, 3.05) is 11.1 Å². The Hall–Kier alpha value is -2.17. The van der Waals surface area contributed by atoms with E-state index in [1.165, 1.54) is 0 Å². The van der Waals surface area contributed by atoms with Gasteiger partial charge in [0.15, 0.2) is 0 Å². The first-order valence-electron chi connectivity index (χ1n) is 4.56. The molecule has 3 N–H and O–H groups in total. The maximum Gasteiger partial charge on any atom is 0.149 e. The summed E-state index contributed by atoms with van der Waals surface area (Å²) in [7, 11) is 0. The number of nitrogens with two attached hydrogens (primary N) is 1. The topological polar surface area (TPSA) is 76.7 Å². The van der Waals surface area contributed by atoms with Gasteiger partial charge in [-0.05, 0) is 18.2 Å². The smallest absolute Gasteiger partial charge is 0.149 e. The molecule has 0 atom stereocenters. The molecule has 0 saturated carbocycles. The van der Waals surface area contributed by atoms with Gasteiger partial charge < -0.3 is 11.1 Å². The molecule has 5 heteroatoms. The van der Waals surface area contributed by atoms with E-state index in [1.807, 2.05) is 12.1 Å².